The van der Waals surface area contributed by atoms with Gasteiger partial charge in [-0.15, -0.1) is 0 Å². The number of amides is 1. The average Bonchev–Trinajstić information content (AvgIpc) is 2.63. The minimum absolute atomic E-state index is 0.0185. The van der Waals surface area contributed by atoms with E-state index in [1.807, 2.05) is 54.6 Å². The lowest BCUT2D eigenvalue weighted by molar-refractivity contribution is -0.125. The van der Waals surface area contributed by atoms with Gasteiger partial charge in [-0.3, -0.25) is 4.79 Å². The molecule has 1 saturated heterocycles. The quantitative estimate of drug-likeness (QED) is 0.686. The molecule has 0 spiro atoms. The van der Waals surface area contributed by atoms with E-state index in [4.69, 9.17) is 4.74 Å². The molecule has 0 aliphatic carbocycles. The van der Waals surface area contributed by atoms with Crippen LogP contribution in [0.2, 0.25) is 0 Å². The molecule has 0 saturated carbocycles. The fourth-order valence-electron chi connectivity index (χ4n) is 3.38. The van der Waals surface area contributed by atoms with Crippen LogP contribution in [-0.4, -0.2) is 29.9 Å². The summed E-state index contributed by atoms with van der Waals surface area (Å²) in [4.78, 5) is 26.2. The molecule has 1 heterocycles. The standard InChI is InChI=1S/C21H22BrNO3/c1-16(24)15-21(18-5-3-2-4-6-18)12-14-23(20(25)26-21)13-11-17-7-9-19(22)10-8-17/h2-10H,11-15H2,1H3. The highest BCUT2D eigenvalue weighted by molar-refractivity contribution is 9.10. The highest BCUT2D eigenvalue weighted by atomic mass is 79.9. The number of hydrogen-bond donors (Lipinski definition) is 0. The second-order valence-corrected chi connectivity index (χ2v) is 7.64. The maximum absolute atomic E-state index is 12.6. The molecule has 4 nitrogen and oxygen atoms in total. The lowest BCUT2D eigenvalue weighted by Crippen LogP contribution is -2.49. The molecule has 0 N–H and O–H groups in total. The van der Waals surface area contributed by atoms with Crippen LogP contribution >= 0.6 is 15.9 Å². The lowest BCUT2D eigenvalue weighted by atomic mass is 9.84. The first-order valence-electron chi connectivity index (χ1n) is 8.76. The van der Waals surface area contributed by atoms with Crippen LogP contribution in [0.5, 0.6) is 0 Å². The molecule has 0 aromatic heterocycles. The molecular formula is C21H22BrNO3. The Hall–Kier alpha value is -2.14. The lowest BCUT2D eigenvalue weighted by Gasteiger charge is -2.41. The smallest absolute Gasteiger partial charge is 0.410 e. The molecule has 2 aromatic carbocycles. The maximum Gasteiger partial charge on any atom is 0.410 e. The van der Waals surface area contributed by atoms with Crippen molar-refractivity contribution >= 4 is 27.8 Å². The van der Waals surface area contributed by atoms with Gasteiger partial charge in [0.2, 0.25) is 0 Å². The van der Waals surface area contributed by atoms with Crippen molar-refractivity contribution < 1.29 is 14.3 Å². The third-order valence-corrected chi connectivity index (χ3v) is 5.27. The van der Waals surface area contributed by atoms with Gasteiger partial charge < -0.3 is 9.64 Å². The van der Waals surface area contributed by atoms with E-state index in [0.29, 0.717) is 19.5 Å². The predicted molar refractivity (Wildman–Crippen MR) is 104 cm³/mol. The summed E-state index contributed by atoms with van der Waals surface area (Å²) in [5, 5.41) is 0. The minimum atomic E-state index is -0.849. The van der Waals surface area contributed by atoms with Crippen molar-refractivity contribution in [2.45, 2.75) is 31.8 Å². The molecule has 0 bridgehead atoms. The van der Waals surface area contributed by atoms with Crippen molar-refractivity contribution in [1.82, 2.24) is 4.90 Å². The van der Waals surface area contributed by atoms with Crippen molar-refractivity contribution in [3.8, 4) is 0 Å². The number of hydrogen-bond acceptors (Lipinski definition) is 3. The maximum atomic E-state index is 12.6. The molecule has 1 unspecified atom stereocenters. The number of rotatable bonds is 6. The van der Waals surface area contributed by atoms with Crippen molar-refractivity contribution in [3.63, 3.8) is 0 Å². The van der Waals surface area contributed by atoms with Crippen LogP contribution in [0.1, 0.15) is 30.9 Å². The van der Waals surface area contributed by atoms with Crippen LogP contribution in [0.3, 0.4) is 0 Å². The van der Waals surface area contributed by atoms with Gasteiger partial charge in [-0.25, -0.2) is 4.79 Å². The van der Waals surface area contributed by atoms with E-state index in [1.54, 1.807) is 11.8 Å². The van der Waals surface area contributed by atoms with Crippen LogP contribution < -0.4 is 0 Å². The van der Waals surface area contributed by atoms with Crippen molar-refractivity contribution in [2.24, 2.45) is 0 Å². The molecule has 136 valence electrons. The van der Waals surface area contributed by atoms with E-state index in [-0.39, 0.29) is 18.3 Å². The molecule has 1 fully saturated rings. The second-order valence-electron chi connectivity index (χ2n) is 6.72. The Morgan fingerprint density at radius 3 is 2.46 bits per heavy atom. The van der Waals surface area contributed by atoms with E-state index in [1.165, 1.54) is 5.56 Å². The highest BCUT2D eigenvalue weighted by Gasteiger charge is 2.42. The first kappa shape index (κ1) is 18.6. The number of nitrogens with zero attached hydrogens (tertiary/aromatic N) is 1. The Balaban J connectivity index is 1.69. The molecule has 1 aliphatic heterocycles. The van der Waals surface area contributed by atoms with E-state index >= 15 is 0 Å². The van der Waals surface area contributed by atoms with Gasteiger partial charge >= 0.3 is 6.09 Å². The zero-order valence-electron chi connectivity index (χ0n) is 14.8. The molecule has 1 atom stereocenters. The molecule has 2 aromatic rings. The van der Waals surface area contributed by atoms with Crippen LogP contribution in [0.4, 0.5) is 4.79 Å². The number of carbonyl (C=O) groups excluding carboxylic acids is 2. The summed E-state index contributed by atoms with van der Waals surface area (Å²) in [5.41, 5.74) is 1.21. The zero-order valence-corrected chi connectivity index (χ0v) is 16.4. The monoisotopic (exact) mass is 415 g/mol. The van der Waals surface area contributed by atoms with Gasteiger partial charge in [0.1, 0.15) is 11.4 Å². The first-order chi connectivity index (χ1) is 12.5. The molecule has 5 heteroatoms. The summed E-state index contributed by atoms with van der Waals surface area (Å²) in [6, 6.07) is 17.7. The fraction of sp³-hybridized carbons (Fsp3) is 0.333. The van der Waals surface area contributed by atoms with Crippen molar-refractivity contribution in [2.75, 3.05) is 13.1 Å². The van der Waals surface area contributed by atoms with Crippen LogP contribution in [-0.2, 0) is 21.6 Å². The van der Waals surface area contributed by atoms with Gasteiger partial charge in [-0.2, -0.15) is 0 Å². The number of halogens is 1. The summed E-state index contributed by atoms with van der Waals surface area (Å²) >= 11 is 3.42. The fourth-order valence-corrected chi connectivity index (χ4v) is 3.65. The Morgan fingerprint density at radius 2 is 1.85 bits per heavy atom. The number of ether oxygens (including phenoxy) is 1. The molecular weight excluding hydrogens is 394 g/mol. The van der Waals surface area contributed by atoms with Gasteiger partial charge in [0, 0.05) is 24.0 Å². The topological polar surface area (TPSA) is 46.6 Å². The SMILES string of the molecule is CC(=O)CC1(c2ccccc2)CCN(CCc2ccc(Br)cc2)C(=O)O1. The molecule has 1 aliphatic rings. The van der Waals surface area contributed by atoms with Gasteiger partial charge in [-0.05, 0) is 36.6 Å². The average molecular weight is 416 g/mol. The Morgan fingerprint density at radius 1 is 1.15 bits per heavy atom. The Bertz CT molecular complexity index is 776. The van der Waals surface area contributed by atoms with Crippen LogP contribution in [0, 0.1) is 0 Å². The van der Waals surface area contributed by atoms with E-state index < -0.39 is 5.60 Å². The number of carbonyl (C=O) groups is 2. The van der Waals surface area contributed by atoms with E-state index in [9.17, 15) is 9.59 Å². The third kappa shape index (κ3) is 4.33. The van der Waals surface area contributed by atoms with Gasteiger partial charge in [0.15, 0.2) is 0 Å². The van der Waals surface area contributed by atoms with E-state index in [2.05, 4.69) is 15.9 Å². The van der Waals surface area contributed by atoms with E-state index in [0.717, 1.165) is 16.5 Å². The highest BCUT2D eigenvalue weighted by Crippen LogP contribution is 2.37. The van der Waals surface area contributed by atoms with Crippen LogP contribution in [0.25, 0.3) is 0 Å². The molecule has 1 amide bonds. The van der Waals surface area contributed by atoms with Crippen molar-refractivity contribution in [3.05, 3.63) is 70.2 Å². The van der Waals surface area contributed by atoms with Gasteiger partial charge in [0.25, 0.3) is 0 Å². The summed E-state index contributed by atoms with van der Waals surface area (Å²) < 4.78 is 6.89. The number of Topliss-reactive ketones (excluding diaryl/α,β-unsaturated/α-hetero) is 1. The summed E-state index contributed by atoms with van der Waals surface area (Å²) in [5.74, 6) is 0.0185. The predicted octanol–water partition coefficient (Wildman–Crippen LogP) is 4.71. The van der Waals surface area contributed by atoms with Gasteiger partial charge in [-0.1, -0.05) is 58.4 Å². The van der Waals surface area contributed by atoms with Crippen LogP contribution in [0.15, 0.2) is 59.1 Å². The first-order valence-corrected chi connectivity index (χ1v) is 9.55. The summed E-state index contributed by atoms with van der Waals surface area (Å²) in [7, 11) is 0. The van der Waals surface area contributed by atoms with Crippen molar-refractivity contribution in [1.29, 1.82) is 0 Å². The summed E-state index contributed by atoms with van der Waals surface area (Å²) in [6.07, 6.45) is 1.25. The number of ketones is 1. The third-order valence-electron chi connectivity index (χ3n) is 4.74. The molecule has 26 heavy (non-hydrogen) atoms. The Kier molecular flexibility index (Phi) is 5.77. The summed E-state index contributed by atoms with van der Waals surface area (Å²) in [6.45, 7) is 2.72. The minimum Gasteiger partial charge on any atom is -0.437 e. The largest absolute Gasteiger partial charge is 0.437 e. The number of cyclic esters (lactones) is 1. The Labute approximate surface area is 162 Å². The zero-order chi connectivity index (χ0) is 18.6. The molecule has 3 rings (SSSR count). The second kappa shape index (κ2) is 8.04. The van der Waals surface area contributed by atoms with Gasteiger partial charge in [0.05, 0.1) is 6.42 Å². The number of benzene rings is 2. The normalized spacial score (nSPS) is 19.9. The molecule has 0 radical (unpaired) electrons.